The van der Waals surface area contributed by atoms with Crippen molar-refractivity contribution in [2.45, 2.75) is 64.5 Å². The summed E-state index contributed by atoms with van der Waals surface area (Å²) < 4.78 is 5.35. The first-order valence-corrected chi connectivity index (χ1v) is 9.88. The summed E-state index contributed by atoms with van der Waals surface area (Å²) >= 11 is 0. The van der Waals surface area contributed by atoms with E-state index < -0.39 is 18.0 Å². The van der Waals surface area contributed by atoms with Gasteiger partial charge in [0.15, 0.2) is 6.10 Å². The lowest BCUT2D eigenvalue weighted by Gasteiger charge is -2.19. The van der Waals surface area contributed by atoms with E-state index >= 15 is 0 Å². The summed E-state index contributed by atoms with van der Waals surface area (Å²) in [4.78, 5) is 38.6. The fourth-order valence-corrected chi connectivity index (χ4v) is 3.74. The zero-order valence-electron chi connectivity index (χ0n) is 16.1. The zero-order chi connectivity index (χ0) is 19.4. The van der Waals surface area contributed by atoms with Crippen LogP contribution < -0.4 is 10.2 Å². The van der Waals surface area contributed by atoms with E-state index in [2.05, 4.69) is 12.2 Å². The third-order valence-corrected chi connectivity index (χ3v) is 5.48. The number of amides is 2. The predicted molar refractivity (Wildman–Crippen MR) is 102 cm³/mol. The zero-order valence-corrected chi connectivity index (χ0v) is 16.1. The maximum atomic E-state index is 12.4. The molecule has 0 spiro atoms. The summed E-state index contributed by atoms with van der Waals surface area (Å²) in [6, 6.07) is 7.98. The van der Waals surface area contributed by atoms with Gasteiger partial charge in [-0.1, -0.05) is 31.9 Å². The molecule has 27 heavy (non-hydrogen) atoms. The molecule has 0 bridgehead atoms. The Hall–Kier alpha value is -2.37. The van der Waals surface area contributed by atoms with Crippen molar-refractivity contribution in [3.8, 4) is 0 Å². The van der Waals surface area contributed by atoms with Crippen LogP contribution in [-0.2, 0) is 25.5 Å². The van der Waals surface area contributed by atoms with Crippen LogP contribution in [0.3, 0.4) is 0 Å². The minimum Gasteiger partial charge on any atom is -0.452 e. The van der Waals surface area contributed by atoms with Crippen LogP contribution in [-0.4, -0.2) is 36.5 Å². The molecular weight excluding hydrogens is 344 g/mol. The number of benzene rings is 1. The van der Waals surface area contributed by atoms with Crippen LogP contribution in [0.4, 0.5) is 5.69 Å². The molecule has 2 aliphatic rings. The van der Waals surface area contributed by atoms with E-state index in [4.69, 9.17) is 4.74 Å². The number of hydrogen-bond donors (Lipinski definition) is 1. The monoisotopic (exact) mass is 372 g/mol. The molecule has 1 saturated carbocycles. The van der Waals surface area contributed by atoms with E-state index in [0.29, 0.717) is 6.54 Å². The maximum absolute atomic E-state index is 12.4. The Bertz CT molecular complexity index is 695. The molecule has 3 rings (SSSR count). The van der Waals surface area contributed by atoms with Crippen molar-refractivity contribution in [2.75, 3.05) is 11.4 Å². The first kappa shape index (κ1) is 19.4. The van der Waals surface area contributed by atoms with Crippen molar-refractivity contribution in [2.24, 2.45) is 5.92 Å². The minimum absolute atomic E-state index is 0.0933. The number of carbonyl (C=O) groups excluding carboxylic acids is 3. The van der Waals surface area contributed by atoms with E-state index in [1.807, 2.05) is 24.3 Å². The maximum Gasteiger partial charge on any atom is 0.312 e. The highest BCUT2D eigenvalue weighted by atomic mass is 16.5. The number of esters is 1. The number of carbonyl (C=O) groups is 3. The Labute approximate surface area is 160 Å². The van der Waals surface area contributed by atoms with E-state index in [9.17, 15) is 14.4 Å². The molecule has 1 saturated heterocycles. The van der Waals surface area contributed by atoms with E-state index in [-0.39, 0.29) is 24.3 Å². The molecule has 1 aliphatic carbocycles. The van der Waals surface area contributed by atoms with Gasteiger partial charge in [-0.2, -0.15) is 0 Å². The Morgan fingerprint density at radius 2 is 1.89 bits per heavy atom. The third kappa shape index (κ3) is 4.67. The standard InChI is InChI=1S/C21H28N2O4/c1-3-15-8-10-18(11-9-15)23-13-16(12-19(23)24)21(26)27-14(2)20(25)22-17-6-4-5-7-17/h8-11,14,16-17H,3-7,12-13H2,1-2H3,(H,22,25). The lowest BCUT2D eigenvalue weighted by Crippen LogP contribution is -2.41. The number of anilines is 1. The average Bonchev–Trinajstić information content (AvgIpc) is 3.31. The summed E-state index contributed by atoms with van der Waals surface area (Å²) in [6.45, 7) is 3.95. The number of nitrogens with one attached hydrogen (secondary N) is 1. The van der Waals surface area contributed by atoms with Gasteiger partial charge in [0.05, 0.1) is 5.92 Å². The van der Waals surface area contributed by atoms with Crippen LogP contribution in [0.5, 0.6) is 0 Å². The second kappa shape index (κ2) is 8.55. The highest BCUT2D eigenvalue weighted by molar-refractivity contribution is 5.99. The number of rotatable bonds is 6. The Morgan fingerprint density at radius 3 is 2.52 bits per heavy atom. The minimum atomic E-state index is -0.842. The molecule has 1 aromatic rings. The number of ether oxygens (including phenoxy) is 1. The van der Waals surface area contributed by atoms with Gasteiger partial charge in [-0.15, -0.1) is 0 Å². The molecule has 0 aromatic heterocycles. The Morgan fingerprint density at radius 1 is 1.22 bits per heavy atom. The fourth-order valence-electron chi connectivity index (χ4n) is 3.74. The van der Waals surface area contributed by atoms with Gasteiger partial charge in [0.25, 0.3) is 5.91 Å². The van der Waals surface area contributed by atoms with Crippen LogP contribution in [0.2, 0.25) is 0 Å². The van der Waals surface area contributed by atoms with Crippen LogP contribution in [0.15, 0.2) is 24.3 Å². The number of aryl methyl sites for hydroxylation is 1. The van der Waals surface area contributed by atoms with Gasteiger partial charge >= 0.3 is 5.97 Å². The molecule has 2 unspecified atom stereocenters. The largest absolute Gasteiger partial charge is 0.452 e. The van der Waals surface area contributed by atoms with Crippen molar-refractivity contribution >= 4 is 23.5 Å². The van der Waals surface area contributed by atoms with Gasteiger partial charge in [0, 0.05) is 24.7 Å². The molecule has 0 radical (unpaired) electrons. The SMILES string of the molecule is CCc1ccc(N2CC(C(=O)OC(C)C(=O)NC3CCCC3)CC2=O)cc1. The molecule has 2 atom stereocenters. The van der Waals surface area contributed by atoms with E-state index in [1.165, 1.54) is 5.56 Å². The molecular formula is C21H28N2O4. The average molecular weight is 372 g/mol. The number of hydrogen-bond acceptors (Lipinski definition) is 4. The second-order valence-electron chi connectivity index (χ2n) is 7.49. The Balaban J connectivity index is 1.54. The summed E-state index contributed by atoms with van der Waals surface area (Å²) in [5, 5.41) is 2.94. The molecule has 6 nitrogen and oxygen atoms in total. The lowest BCUT2D eigenvalue weighted by molar-refractivity contribution is -0.158. The van der Waals surface area contributed by atoms with Gasteiger partial charge in [-0.05, 0) is 43.9 Å². The molecule has 6 heteroatoms. The molecule has 1 aliphatic heterocycles. The molecule has 146 valence electrons. The fraction of sp³-hybridized carbons (Fsp3) is 0.571. The van der Waals surface area contributed by atoms with Gasteiger partial charge in [0.2, 0.25) is 5.91 Å². The van der Waals surface area contributed by atoms with Gasteiger partial charge in [-0.25, -0.2) is 0 Å². The first-order chi connectivity index (χ1) is 13.0. The lowest BCUT2D eigenvalue weighted by atomic mass is 10.1. The molecule has 2 fully saturated rings. The summed E-state index contributed by atoms with van der Waals surface area (Å²) in [6.07, 6.45) is 4.42. The van der Waals surface area contributed by atoms with Crippen molar-refractivity contribution in [1.29, 1.82) is 0 Å². The third-order valence-electron chi connectivity index (χ3n) is 5.48. The highest BCUT2D eigenvalue weighted by Crippen LogP contribution is 2.26. The Kier molecular flexibility index (Phi) is 6.14. The summed E-state index contributed by atoms with van der Waals surface area (Å²) in [5.41, 5.74) is 1.99. The van der Waals surface area contributed by atoms with E-state index in [0.717, 1.165) is 37.8 Å². The second-order valence-corrected chi connectivity index (χ2v) is 7.49. The van der Waals surface area contributed by atoms with Crippen LogP contribution in [0, 0.1) is 5.92 Å². The number of nitrogens with zero attached hydrogens (tertiary/aromatic N) is 1. The smallest absolute Gasteiger partial charge is 0.312 e. The molecule has 1 heterocycles. The van der Waals surface area contributed by atoms with Crippen molar-refractivity contribution in [1.82, 2.24) is 5.32 Å². The first-order valence-electron chi connectivity index (χ1n) is 9.88. The summed E-state index contributed by atoms with van der Waals surface area (Å²) in [7, 11) is 0. The van der Waals surface area contributed by atoms with Crippen molar-refractivity contribution in [3.05, 3.63) is 29.8 Å². The molecule has 1 N–H and O–H groups in total. The normalized spacial score (nSPS) is 21.3. The quantitative estimate of drug-likeness (QED) is 0.779. The van der Waals surface area contributed by atoms with Crippen LogP contribution in [0.1, 0.15) is 51.5 Å². The van der Waals surface area contributed by atoms with Crippen molar-refractivity contribution < 1.29 is 19.1 Å². The highest BCUT2D eigenvalue weighted by Gasteiger charge is 2.37. The van der Waals surface area contributed by atoms with E-state index in [1.54, 1.807) is 11.8 Å². The van der Waals surface area contributed by atoms with Crippen LogP contribution >= 0.6 is 0 Å². The molecule has 2 amide bonds. The van der Waals surface area contributed by atoms with Gasteiger partial charge in [0.1, 0.15) is 0 Å². The van der Waals surface area contributed by atoms with Crippen LogP contribution in [0.25, 0.3) is 0 Å². The summed E-state index contributed by atoms with van der Waals surface area (Å²) in [5.74, 6) is -1.37. The van der Waals surface area contributed by atoms with Gasteiger partial charge < -0.3 is 15.0 Å². The molecule has 1 aromatic carbocycles. The predicted octanol–water partition coefficient (Wildman–Crippen LogP) is 2.59. The topological polar surface area (TPSA) is 75.7 Å². The van der Waals surface area contributed by atoms with Gasteiger partial charge in [-0.3, -0.25) is 14.4 Å². The van der Waals surface area contributed by atoms with Crippen molar-refractivity contribution in [3.63, 3.8) is 0 Å².